The van der Waals surface area contributed by atoms with Crippen molar-refractivity contribution in [2.24, 2.45) is 5.92 Å². The Balaban J connectivity index is 1.91. The second-order valence-electron chi connectivity index (χ2n) is 7.66. The van der Waals surface area contributed by atoms with Crippen molar-refractivity contribution < 1.29 is 22.8 Å². The highest BCUT2D eigenvalue weighted by molar-refractivity contribution is 7.89. The average Bonchev–Trinajstić information content (AvgIpc) is 3.23. The molecule has 160 valence electrons. The summed E-state index contributed by atoms with van der Waals surface area (Å²) in [5.41, 5.74) is 0.618. The fraction of sp³-hybridized carbons (Fsp3) is 0.550. The van der Waals surface area contributed by atoms with E-state index in [1.54, 1.807) is 24.3 Å². The van der Waals surface area contributed by atoms with Gasteiger partial charge in [-0.1, -0.05) is 19.0 Å². The summed E-state index contributed by atoms with van der Waals surface area (Å²) in [7, 11) is -2.33. The highest BCUT2D eigenvalue weighted by Crippen LogP contribution is 2.33. The van der Waals surface area contributed by atoms with Gasteiger partial charge in [-0.05, 0) is 30.5 Å². The minimum Gasteiger partial charge on any atom is -0.495 e. The van der Waals surface area contributed by atoms with Gasteiger partial charge in [0.05, 0.1) is 13.3 Å². The minimum atomic E-state index is -3.78. The second kappa shape index (κ2) is 9.25. The average molecular weight is 424 g/mol. The van der Waals surface area contributed by atoms with Crippen LogP contribution in [0.15, 0.2) is 39.9 Å². The van der Waals surface area contributed by atoms with Gasteiger partial charge >= 0.3 is 0 Å². The highest BCUT2D eigenvalue weighted by atomic mass is 32.2. The molecule has 2 heterocycles. The molecular formula is C20H29N3O5S. The van der Waals surface area contributed by atoms with E-state index in [1.807, 2.05) is 0 Å². The molecule has 1 unspecified atom stereocenters. The van der Waals surface area contributed by atoms with Crippen LogP contribution in [0.2, 0.25) is 0 Å². The molecule has 3 rings (SSSR count). The van der Waals surface area contributed by atoms with Gasteiger partial charge in [0, 0.05) is 50.5 Å². The van der Waals surface area contributed by atoms with Gasteiger partial charge < -0.3 is 14.4 Å². The standard InChI is InChI=1S/C20H29N3O5S/c1-15(2)13-22-9-10-23(14-17(22)7-11-24)29(25,26)20-12-16(4-5-19(20)27-3)18-6-8-21-28-18/h4-6,8,12,15,17,24H,7,9-11,13-14H2,1-3H3. The van der Waals surface area contributed by atoms with Crippen molar-refractivity contribution in [2.45, 2.75) is 31.2 Å². The lowest BCUT2D eigenvalue weighted by Gasteiger charge is -2.41. The van der Waals surface area contributed by atoms with E-state index in [0.717, 1.165) is 6.54 Å². The van der Waals surface area contributed by atoms with Crippen LogP contribution in [0.25, 0.3) is 11.3 Å². The first-order valence-corrected chi connectivity index (χ1v) is 11.2. The molecule has 1 fully saturated rings. The van der Waals surface area contributed by atoms with Gasteiger partial charge in [-0.3, -0.25) is 4.90 Å². The lowest BCUT2D eigenvalue weighted by molar-refractivity contribution is 0.0852. The zero-order chi connectivity index (χ0) is 21.0. The topological polar surface area (TPSA) is 96.1 Å². The van der Waals surface area contributed by atoms with Crippen molar-refractivity contribution in [3.63, 3.8) is 0 Å². The van der Waals surface area contributed by atoms with Crippen LogP contribution >= 0.6 is 0 Å². The van der Waals surface area contributed by atoms with Crippen molar-refractivity contribution in [1.82, 2.24) is 14.4 Å². The third kappa shape index (κ3) is 4.80. The van der Waals surface area contributed by atoms with E-state index in [0.29, 0.717) is 43.3 Å². The number of ether oxygens (including phenoxy) is 1. The van der Waals surface area contributed by atoms with Gasteiger partial charge in [-0.2, -0.15) is 4.31 Å². The maximum Gasteiger partial charge on any atom is 0.246 e. The molecular weight excluding hydrogens is 394 g/mol. The zero-order valence-electron chi connectivity index (χ0n) is 17.1. The van der Waals surface area contributed by atoms with Crippen LogP contribution in [-0.4, -0.2) is 73.8 Å². The van der Waals surface area contributed by atoms with Crippen LogP contribution in [0.4, 0.5) is 0 Å². The van der Waals surface area contributed by atoms with E-state index in [2.05, 4.69) is 23.9 Å². The number of piperazine rings is 1. The number of sulfonamides is 1. The third-order valence-corrected chi connectivity index (χ3v) is 7.02. The SMILES string of the molecule is COc1ccc(-c2ccno2)cc1S(=O)(=O)N1CCN(CC(C)C)C(CCO)C1. The summed E-state index contributed by atoms with van der Waals surface area (Å²) in [6.07, 6.45) is 2.05. The molecule has 29 heavy (non-hydrogen) atoms. The van der Waals surface area contributed by atoms with Crippen LogP contribution in [0, 0.1) is 5.92 Å². The summed E-state index contributed by atoms with van der Waals surface area (Å²) in [4.78, 5) is 2.38. The molecule has 0 amide bonds. The maximum atomic E-state index is 13.5. The first kappa shape index (κ1) is 21.8. The molecule has 1 atom stereocenters. The first-order chi connectivity index (χ1) is 13.9. The number of rotatable bonds is 8. The van der Waals surface area contributed by atoms with Crippen molar-refractivity contribution in [1.29, 1.82) is 0 Å². The van der Waals surface area contributed by atoms with Crippen molar-refractivity contribution >= 4 is 10.0 Å². The van der Waals surface area contributed by atoms with Gasteiger partial charge in [-0.15, -0.1) is 0 Å². The van der Waals surface area contributed by atoms with E-state index < -0.39 is 10.0 Å². The molecule has 1 aliphatic heterocycles. The van der Waals surface area contributed by atoms with Gasteiger partial charge in [0.2, 0.25) is 10.0 Å². The summed E-state index contributed by atoms with van der Waals surface area (Å²) in [5, 5.41) is 13.2. The number of methoxy groups -OCH3 is 1. The molecule has 9 heteroatoms. The van der Waals surface area contributed by atoms with E-state index in [4.69, 9.17) is 9.26 Å². The summed E-state index contributed by atoms with van der Waals surface area (Å²) in [6, 6.07) is 6.60. The van der Waals surface area contributed by atoms with E-state index >= 15 is 0 Å². The summed E-state index contributed by atoms with van der Waals surface area (Å²) < 4.78 is 39.0. The molecule has 1 aromatic heterocycles. The van der Waals surface area contributed by atoms with E-state index in [1.165, 1.54) is 17.6 Å². The predicted octanol–water partition coefficient (Wildman–Crippen LogP) is 2.06. The van der Waals surface area contributed by atoms with E-state index in [9.17, 15) is 13.5 Å². The monoisotopic (exact) mass is 423 g/mol. The Morgan fingerprint density at radius 2 is 2.10 bits per heavy atom. The zero-order valence-corrected chi connectivity index (χ0v) is 17.9. The van der Waals surface area contributed by atoms with Crippen LogP contribution in [0.3, 0.4) is 0 Å². The number of aliphatic hydroxyl groups is 1. The lowest BCUT2D eigenvalue weighted by atomic mass is 10.1. The number of hydrogen-bond acceptors (Lipinski definition) is 7. The van der Waals surface area contributed by atoms with Gasteiger partial charge in [-0.25, -0.2) is 8.42 Å². The van der Waals surface area contributed by atoms with E-state index in [-0.39, 0.29) is 23.3 Å². The molecule has 0 spiro atoms. The van der Waals surface area contributed by atoms with Gasteiger partial charge in [0.15, 0.2) is 5.76 Å². The quantitative estimate of drug-likeness (QED) is 0.694. The lowest BCUT2D eigenvalue weighted by Crippen LogP contribution is -2.55. The molecule has 8 nitrogen and oxygen atoms in total. The van der Waals surface area contributed by atoms with Crippen LogP contribution in [-0.2, 0) is 10.0 Å². The summed E-state index contributed by atoms with van der Waals surface area (Å²) in [5.74, 6) is 1.25. The Morgan fingerprint density at radius 3 is 2.72 bits per heavy atom. The Bertz CT molecular complexity index is 899. The maximum absolute atomic E-state index is 13.5. The fourth-order valence-electron chi connectivity index (χ4n) is 3.75. The molecule has 0 radical (unpaired) electrons. The molecule has 1 aliphatic rings. The number of aliphatic hydroxyl groups excluding tert-OH is 1. The molecule has 0 aliphatic carbocycles. The molecule has 1 N–H and O–H groups in total. The van der Waals surface area contributed by atoms with Crippen LogP contribution in [0.1, 0.15) is 20.3 Å². The number of aromatic nitrogens is 1. The second-order valence-corrected chi connectivity index (χ2v) is 9.57. The smallest absolute Gasteiger partial charge is 0.246 e. The molecule has 0 saturated carbocycles. The van der Waals surface area contributed by atoms with Crippen LogP contribution in [0.5, 0.6) is 5.75 Å². The molecule has 0 bridgehead atoms. The van der Waals surface area contributed by atoms with Crippen molar-refractivity contribution in [3.05, 3.63) is 30.5 Å². The Kier molecular flexibility index (Phi) is 6.94. The third-order valence-electron chi connectivity index (χ3n) is 5.13. The number of nitrogens with zero attached hydrogens (tertiary/aromatic N) is 3. The first-order valence-electron chi connectivity index (χ1n) is 9.81. The molecule has 2 aromatic rings. The number of hydrogen-bond donors (Lipinski definition) is 1. The predicted molar refractivity (Wildman–Crippen MR) is 109 cm³/mol. The van der Waals surface area contributed by atoms with Crippen molar-refractivity contribution in [3.8, 4) is 17.1 Å². The Hall–Kier alpha value is -1.94. The Morgan fingerprint density at radius 1 is 1.31 bits per heavy atom. The van der Waals surface area contributed by atoms with Crippen molar-refractivity contribution in [2.75, 3.05) is 39.9 Å². The normalized spacial score (nSPS) is 19.0. The highest BCUT2D eigenvalue weighted by Gasteiger charge is 2.35. The Labute approximate surface area is 172 Å². The summed E-state index contributed by atoms with van der Waals surface area (Å²) in [6.45, 7) is 6.54. The minimum absolute atomic E-state index is 0.0191. The largest absolute Gasteiger partial charge is 0.495 e. The number of benzene rings is 1. The fourth-order valence-corrected chi connectivity index (χ4v) is 5.40. The van der Waals surface area contributed by atoms with Gasteiger partial charge in [0.1, 0.15) is 10.6 Å². The van der Waals surface area contributed by atoms with Gasteiger partial charge in [0.25, 0.3) is 0 Å². The molecule has 1 aromatic carbocycles. The summed E-state index contributed by atoms with van der Waals surface area (Å²) >= 11 is 0. The van der Waals surface area contributed by atoms with Crippen LogP contribution < -0.4 is 4.74 Å². The molecule has 1 saturated heterocycles.